The molecule has 0 spiro atoms. The van der Waals surface area contributed by atoms with E-state index in [1.807, 2.05) is 0 Å². The van der Waals surface area contributed by atoms with E-state index in [4.69, 9.17) is 5.73 Å². The minimum absolute atomic E-state index is 0.123. The molecule has 0 saturated carbocycles. The van der Waals surface area contributed by atoms with Crippen molar-refractivity contribution in [1.82, 2.24) is 15.5 Å². The summed E-state index contributed by atoms with van der Waals surface area (Å²) in [4.78, 5) is 14.3. The van der Waals surface area contributed by atoms with Gasteiger partial charge in [0.1, 0.15) is 0 Å². The lowest BCUT2D eigenvalue weighted by Crippen LogP contribution is -2.41. The third-order valence-corrected chi connectivity index (χ3v) is 10.8. The molecule has 0 saturated heterocycles. The van der Waals surface area contributed by atoms with Crippen molar-refractivity contribution in [3.63, 3.8) is 0 Å². The van der Waals surface area contributed by atoms with Gasteiger partial charge in [-0.2, -0.15) is 0 Å². The Balaban J connectivity index is 4.33. The molecular weight excluding hydrogens is 653 g/mol. The van der Waals surface area contributed by atoms with E-state index in [1.165, 1.54) is 161 Å². The molecule has 0 radical (unpaired) electrons. The van der Waals surface area contributed by atoms with Gasteiger partial charge in [0, 0.05) is 12.6 Å². The van der Waals surface area contributed by atoms with Crippen LogP contribution in [0.4, 0.5) is 4.79 Å². The standard InChI is InChI=1S/C47H94N4O2/c1-3-5-7-9-11-13-15-17-19-21-23-25-27-29-31-33-38-46(39-44-50-42-35-34-41-49-43-37-40-48)51(47(52)53)45-36-32-30-28-26-24-22-20-18-16-14-12-10-8-6-4-2/h17-20,46,49-50H,3-16,21-45,48H2,1-2H3,(H,52,53)/b19-17-,20-18-. The van der Waals surface area contributed by atoms with Crippen LogP contribution in [-0.4, -0.2) is 61.4 Å². The van der Waals surface area contributed by atoms with Crippen molar-refractivity contribution in [3.8, 4) is 0 Å². The number of hydrogen-bond acceptors (Lipinski definition) is 4. The van der Waals surface area contributed by atoms with Crippen LogP contribution in [0.15, 0.2) is 24.3 Å². The van der Waals surface area contributed by atoms with Crippen molar-refractivity contribution in [1.29, 1.82) is 0 Å². The second-order valence-corrected chi connectivity index (χ2v) is 15.9. The lowest BCUT2D eigenvalue weighted by atomic mass is 10.0. The van der Waals surface area contributed by atoms with E-state index < -0.39 is 6.09 Å². The molecular formula is C47H94N4O2. The molecule has 0 fully saturated rings. The molecule has 0 heterocycles. The van der Waals surface area contributed by atoms with Gasteiger partial charge in [-0.05, 0) is 123 Å². The predicted molar refractivity (Wildman–Crippen MR) is 235 cm³/mol. The van der Waals surface area contributed by atoms with Crippen molar-refractivity contribution >= 4 is 6.09 Å². The van der Waals surface area contributed by atoms with Crippen LogP contribution < -0.4 is 16.4 Å². The summed E-state index contributed by atoms with van der Waals surface area (Å²) in [5.74, 6) is 0. The zero-order valence-corrected chi connectivity index (χ0v) is 35.8. The van der Waals surface area contributed by atoms with E-state index in [1.54, 1.807) is 4.90 Å². The van der Waals surface area contributed by atoms with Crippen molar-refractivity contribution < 1.29 is 9.90 Å². The Labute approximate surface area is 331 Å². The molecule has 6 nitrogen and oxygen atoms in total. The predicted octanol–water partition coefficient (Wildman–Crippen LogP) is 13.5. The van der Waals surface area contributed by atoms with Crippen LogP contribution in [0.2, 0.25) is 0 Å². The molecule has 0 aromatic rings. The van der Waals surface area contributed by atoms with E-state index in [2.05, 4.69) is 48.8 Å². The van der Waals surface area contributed by atoms with E-state index in [0.717, 1.165) is 84.1 Å². The average molecular weight is 747 g/mol. The monoisotopic (exact) mass is 747 g/mol. The highest BCUT2D eigenvalue weighted by atomic mass is 16.4. The lowest BCUT2D eigenvalue weighted by Gasteiger charge is -2.30. The summed E-state index contributed by atoms with van der Waals surface area (Å²) in [6.45, 7) is 9.94. The summed E-state index contributed by atoms with van der Waals surface area (Å²) >= 11 is 0. The van der Waals surface area contributed by atoms with Gasteiger partial charge in [0.2, 0.25) is 0 Å². The van der Waals surface area contributed by atoms with Gasteiger partial charge in [-0.25, -0.2) is 4.79 Å². The quantitative estimate of drug-likeness (QED) is 0.0368. The first-order valence-electron chi connectivity index (χ1n) is 23.6. The zero-order chi connectivity index (χ0) is 38.6. The molecule has 1 atom stereocenters. The van der Waals surface area contributed by atoms with Crippen LogP contribution in [0.25, 0.3) is 0 Å². The number of rotatable bonds is 44. The number of carboxylic acid groups (broad SMARTS) is 1. The highest BCUT2D eigenvalue weighted by molar-refractivity contribution is 5.65. The Hall–Kier alpha value is -1.37. The van der Waals surface area contributed by atoms with Crippen LogP contribution in [0.5, 0.6) is 0 Å². The van der Waals surface area contributed by atoms with E-state index in [0.29, 0.717) is 6.54 Å². The molecule has 0 rings (SSSR count). The summed E-state index contributed by atoms with van der Waals surface area (Å²) in [6, 6.07) is 0.123. The van der Waals surface area contributed by atoms with Gasteiger partial charge in [-0.1, -0.05) is 160 Å². The average Bonchev–Trinajstić information content (AvgIpc) is 3.16. The van der Waals surface area contributed by atoms with Gasteiger partial charge in [0.15, 0.2) is 0 Å². The highest BCUT2D eigenvalue weighted by Crippen LogP contribution is 2.18. The largest absolute Gasteiger partial charge is 0.465 e. The fourth-order valence-electron chi connectivity index (χ4n) is 7.29. The molecule has 6 heteroatoms. The molecule has 314 valence electrons. The smallest absolute Gasteiger partial charge is 0.407 e. The molecule has 0 bridgehead atoms. The maximum Gasteiger partial charge on any atom is 0.407 e. The van der Waals surface area contributed by atoms with Crippen molar-refractivity contribution in [3.05, 3.63) is 24.3 Å². The summed E-state index contributed by atoms with van der Waals surface area (Å²) in [5, 5.41) is 17.3. The van der Waals surface area contributed by atoms with E-state index >= 15 is 0 Å². The molecule has 0 aromatic heterocycles. The number of carbonyl (C=O) groups is 1. The first-order valence-corrected chi connectivity index (χ1v) is 23.6. The van der Waals surface area contributed by atoms with E-state index in [9.17, 15) is 9.90 Å². The SMILES string of the molecule is CCCCCCCC/C=C\CCCCCCCCC(CCNCCCCNCCCN)N(CCCCCCCC/C=C\CCCCCCCC)C(=O)O. The number of amides is 1. The summed E-state index contributed by atoms with van der Waals surface area (Å²) < 4.78 is 0. The van der Waals surface area contributed by atoms with Gasteiger partial charge in [0.05, 0.1) is 0 Å². The van der Waals surface area contributed by atoms with Crippen molar-refractivity contribution in [2.75, 3.05) is 39.3 Å². The van der Waals surface area contributed by atoms with Crippen LogP contribution in [0, 0.1) is 0 Å². The fraction of sp³-hybridized carbons (Fsp3) is 0.894. The Morgan fingerprint density at radius 1 is 0.491 bits per heavy atom. The molecule has 1 amide bonds. The molecule has 0 aliphatic rings. The van der Waals surface area contributed by atoms with Gasteiger partial charge >= 0.3 is 6.09 Å². The Bertz CT molecular complexity index is 774. The van der Waals surface area contributed by atoms with Crippen LogP contribution in [-0.2, 0) is 0 Å². The summed E-state index contributed by atoms with van der Waals surface area (Å²) in [6.07, 6.45) is 50.3. The Kier molecular flexibility index (Phi) is 43.9. The van der Waals surface area contributed by atoms with Crippen molar-refractivity contribution in [2.24, 2.45) is 5.73 Å². The first kappa shape index (κ1) is 51.6. The number of hydrogen-bond donors (Lipinski definition) is 4. The number of allylic oxidation sites excluding steroid dienone is 4. The Morgan fingerprint density at radius 3 is 1.30 bits per heavy atom. The summed E-state index contributed by atoms with van der Waals surface area (Å²) in [5.41, 5.74) is 5.58. The minimum Gasteiger partial charge on any atom is -0.465 e. The maximum absolute atomic E-state index is 12.5. The highest BCUT2D eigenvalue weighted by Gasteiger charge is 2.22. The second-order valence-electron chi connectivity index (χ2n) is 15.9. The first-order chi connectivity index (χ1) is 26.2. The second kappa shape index (κ2) is 45.0. The topological polar surface area (TPSA) is 90.6 Å². The minimum atomic E-state index is -0.726. The van der Waals surface area contributed by atoms with Crippen LogP contribution >= 0.6 is 0 Å². The van der Waals surface area contributed by atoms with Crippen LogP contribution in [0.3, 0.4) is 0 Å². The third-order valence-electron chi connectivity index (χ3n) is 10.8. The number of nitrogens with one attached hydrogen (secondary N) is 2. The van der Waals surface area contributed by atoms with Gasteiger partial charge in [-0.15, -0.1) is 0 Å². The van der Waals surface area contributed by atoms with E-state index in [-0.39, 0.29) is 6.04 Å². The van der Waals surface area contributed by atoms with Gasteiger partial charge in [0.25, 0.3) is 0 Å². The third kappa shape index (κ3) is 40.1. The Morgan fingerprint density at radius 2 is 0.868 bits per heavy atom. The lowest BCUT2D eigenvalue weighted by molar-refractivity contribution is 0.116. The molecule has 0 aliphatic heterocycles. The number of nitrogens with zero attached hydrogens (tertiary/aromatic N) is 1. The fourth-order valence-corrected chi connectivity index (χ4v) is 7.29. The number of unbranched alkanes of at least 4 members (excludes halogenated alkanes) is 25. The van der Waals surface area contributed by atoms with Crippen molar-refractivity contribution in [2.45, 2.75) is 232 Å². The van der Waals surface area contributed by atoms with Gasteiger partial charge < -0.3 is 26.4 Å². The molecule has 1 unspecified atom stereocenters. The molecule has 0 aliphatic carbocycles. The number of nitrogens with two attached hydrogens (primary N) is 1. The molecule has 5 N–H and O–H groups in total. The molecule has 53 heavy (non-hydrogen) atoms. The summed E-state index contributed by atoms with van der Waals surface area (Å²) in [7, 11) is 0. The molecule has 0 aromatic carbocycles. The normalized spacial score (nSPS) is 12.4. The zero-order valence-electron chi connectivity index (χ0n) is 35.8. The van der Waals surface area contributed by atoms with Gasteiger partial charge in [-0.3, -0.25) is 0 Å². The van der Waals surface area contributed by atoms with Crippen LogP contribution in [0.1, 0.15) is 226 Å². The maximum atomic E-state index is 12.5.